The Labute approximate surface area is 142 Å². The molecular weight excluding hydrogens is 377 g/mol. The molecule has 0 bridgehead atoms. The summed E-state index contributed by atoms with van der Waals surface area (Å²) < 4.78 is 1.16. The Hall–Kier alpha value is -0.0600. The number of rotatable bonds is 5. The highest BCUT2D eigenvalue weighted by molar-refractivity contribution is 9.11. The van der Waals surface area contributed by atoms with E-state index in [0.717, 1.165) is 27.3 Å². The molecule has 1 aromatic heterocycles. The highest BCUT2D eigenvalue weighted by Crippen LogP contribution is 2.37. The summed E-state index contributed by atoms with van der Waals surface area (Å²) >= 11 is 17.8. The highest BCUT2D eigenvalue weighted by atomic mass is 79.9. The van der Waals surface area contributed by atoms with Gasteiger partial charge in [0.05, 0.1) is 9.83 Å². The van der Waals surface area contributed by atoms with Gasteiger partial charge >= 0.3 is 0 Å². The number of hydrogen-bond acceptors (Lipinski definition) is 2. The summed E-state index contributed by atoms with van der Waals surface area (Å²) in [5.74, 6) is 0. The molecule has 0 aliphatic heterocycles. The Kier molecular flexibility index (Phi) is 5.94. The molecule has 20 heavy (non-hydrogen) atoms. The van der Waals surface area contributed by atoms with Gasteiger partial charge < -0.3 is 5.32 Å². The van der Waals surface area contributed by atoms with Crippen molar-refractivity contribution in [3.05, 3.63) is 54.1 Å². The van der Waals surface area contributed by atoms with Crippen molar-refractivity contribution in [3.8, 4) is 0 Å². The molecular formula is C15H16BrCl2NS. The number of thiophene rings is 1. The van der Waals surface area contributed by atoms with E-state index in [1.807, 2.05) is 18.2 Å². The second-order valence-electron chi connectivity index (χ2n) is 4.66. The highest BCUT2D eigenvalue weighted by Gasteiger charge is 2.19. The first-order valence-corrected chi connectivity index (χ1v) is 8.83. The quantitative estimate of drug-likeness (QED) is 0.637. The van der Waals surface area contributed by atoms with E-state index in [1.165, 1.54) is 10.4 Å². The number of halogens is 3. The molecule has 108 valence electrons. The van der Waals surface area contributed by atoms with Gasteiger partial charge in [-0.3, -0.25) is 0 Å². The van der Waals surface area contributed by atoms with Gasteiger partial charge in [-0.2, -0.15) is 0 Å². The molecule has 0 radical (unpaired) electrons. The first kappa shape index (κ1) is 16.3. The Morgan fingerprint density at radius 2 is 2.05 bits per heavy atom. The third kappa shape index (κ3) is 3.77. The molecule has 1 atom stereocenters. The molecule has 0 amide bonds. The van der Waals surface area contributed by atoms with Crippen molar-refractivity contribution in [1.82, 2.24) is 5.32 Å². The zero-order valence-corrected chi connectivity index (χ0v) is 15.3. The summed E-state index contributed by atoms with van der Waals surface area (Å²) in [7, 11) is 0. The Bertz CT molecular complexity index is 578. The third-order valence-corrected chi connectivity index (χ3v) is 5.81. The average Bonchev–Trinajstić information content (AvgIpc) is 2.74. The lowest BCUT2D eigenvalue weighted by atomic mass is 10.0. The maximum atomic E-state index is 6.36. The van der Waals surface area contributed by atoms with Crippen molar-refractivity contribution in [2.75, 3.05) is 6.54 Å². The average molecular weight is 393 g/mol. The number of nitrogens with one attached hydrogen (secondary N) is 1. The molecule has 1 aromatic carbocycles. The van der Waals surface area contributed by atoms with Gasteiger partial charge in [-0.15, -0.1) is 11.3 Å². The minimum absolute atomic E-state index is 0.0798. The van der Waals surface area contributed by atoms with Crippen LogP contribution in [0.25, 0.3) is 0 Å². The van der Waals surface area contributed by atoms with Gasteiger partial charge in [0.15, 0.2) is 0 Å². The summed E-state index contributed by atoms with van der Waals surface area (Å²) in [6.07, 6.45) is 1.07. The van der Waals surface area contributed by atoms with Crippen LogP contribution in [-0.4, -0.2) is 6.54 Å². The maximum absolute atomic E-state index is 6.36. The van der Waals surface area contributed by atoms with E-state index in [1.54, 1.807) is 11.3 Å². The van der Waals surface area contributed by atoms with Crippen LogP contribution in [0, 0.1) is 6.92 Å². The molecule has 0 aliphatic rings. The predicted molar refractivity (Wildman–Crippen MR) is 93.4 cm³/mol. The largest absolute Gasteiger partial charge is 0.306 e. The molecule has 0 saturated carbocycles. The first-order chi connectivity index (χ1) is 9.52. The maximum Gasteiger partial charge on any atom is 0.0731 e. The second kappa shape index (κ2) is 7.28. The van der Waals surface area contributed by atoms with E-state index >= 15 is 0 Å². The van der Waals surface area contributed by atoms with Crippen molar-refractivity contribution in [2.45, 2.75) is 26.3 Å². The van der Waals surface area contributed by atoms with Crippen LogP contribution in [0.1, 0.15) is 35.4 Å². The summed E-state index contributed by atoms with van der Waals surface area (Å²) in [5, 5.41) is 5.01. The summed E-state index contributed by atoms with van der Waals surface area (Å²) in [6, 6.07) is 7.89. The van der Waals surface area contributed by atoms with Crippen LogP contribution in [0.3, 0.4) is 0 Å². The summed E-state index contributed by atoms with van der Waals surface area (Å²) in [4.78, 5) is 1.24. The molecule has 5 heteroatoms. The van der Waals surface area contributed by atoms with E-state index in [0.29, 0.717) is 5.02 Å². The van der Waals surface area contributed by atoms with Gasteiger partial charge in [0.2, 0.25) is 0 Å². The molecule has 2 rings (SSSR count). The lowest BCUT2D eigenvalue weighted by molar-refractivity contribution is 0.606. The SMILES string of the molecule is CCCNC(c1cc(C)c(Br)s1)c1cc(Cl)ccc1Cl. The van der Waals surface area contributed by atoms with Crippen molar-refractivity contribution in [3.63, 3.8) is 0 Å². The Balaban J connectivity index is 2.43. The van der Waals surface area contributed by atoms with Crippen LogP contribution in [-0.2, 0) is 0 Å². The first-order valence-electron chi connectivity index (χ1n) is 6.47. The normalized spacial score (nSPS) is 12.7. The molecule has 1 N–H and O–H groups in total. The van der Waals surface area contributed by atoms with Crippen LogP contribution >= 0.6 is 50.5 Å². The monoisotopic (exact) mass is 391 g/mol. The van der Waals surface area contributed by atoms with Crippen LogP contribution in [0.5, 0.6) is 0 Å². The van der Waals surface area contributed by atoms with Gasteiger partial charge in [-0.25, -0.2) is 0 Å². The topological polar surface area (TPSA) is 12.0 Å². The van der Waals surface area contributed by atoms with Crippen LogP contribution in [0.15, 0.2) is 28.1 Å². The molecule has 2 aromatic rings. The van der Waals surface area contributed by atoms with Gasteiger partial charge in [-0.05, 0) is 71.2 Å². The lowest BCUT2D eigenvalue weighted by Gasteiger charge is -2.19. The molecule has 0 aliphatic carbocycles. The van der Waals surface area contributed by atoms with Crippen molar-refractivity contribution >= 4 is 50.5 Å². The number of hydrogen-bond donors (Lipinski definition) is 1. The van der Waals surface area contributed by atoms with Gasteiger partial charge in [-0.1, -0.05) is 30.1 Å². The van der Waals surface area contributed by atoms with E-state index in [2.05, 4.69) is 41.2 Å². The molecule has 1 nitrogen and oxygen atoms in total. The lowest BCUT2D eigenvalue weighted by Crippen LogP contribution is -2.22. The Morgan fingerprint density at radius 3 is 2.65 bits per heavy atom. The standard InChI is InChI=1S/C15H16BrCl2NS/c1-3-6-19-14(13-7-9(2)15(16)20-13)11-8-10(17)4-5-12(11)18/h4-5,7-8,14,19H,3,6H2,1-2H3. The van der Waals surface area contributed by atoms with Gasteiger partial charge in [0.1, 0.15) is 0 Å². The molecule has 0 saturated heterocycles. The van der Waals surface area contributed by atoms with Crippen LogP contribution in [0.2, 0.25) is 10.0 Å². The van der Waals surface area contributed by atoms with Crippen LogP contribution in [0.4, 0.5) is 0 Å². The second-order valence-corrected chi connectivity index (χ2v) is 7.90. The van der Waals surface area contributed by atoms with E-state index in [-0.39, 0.29) is 6.04 Å². The zero-order chi connectivity index (χ0) is 14.7. The van der Waals surface area contributed by atoms with Crippen molar-refractivity contribution in [2.24, 2.45) is 0 Å². The minimum atomic E-state index is 0.0798. The van der Waals surface area contributed by atoms with Gasteiger partial charge in [0, 0.05) is 14.9 Å². The van der Waals surface area contributed by atoms with E-state index < -0.39 is 0 Å². The van der Waals surface area contributed by atoms with E-state index in [9.17, 15) is 0 Å². The minimum Gasteiger partial charge on any atom is -0.306 e. The molecule has 1 heterocycles. The summed E-state index contributed by atoms with van der Waals surface area (Å²) in [6.45, 7) is 5.18. The van der Waals surface area contributed by atoms with E-state index in [4.69, 9.17) is 23.2 Å². The van der Waals surface area contributed by atoms with Crippen LogP contribution < -0.4 is 5.32 Å². The molecule has 0 fully saturated rings. The molecule has 1 unspecified atom stereocenters. The molecule has 0 spiro atoms. The van der Waals surface area contributed by atoms with Crippen molar-refractivity contribution in [1.29, 1.82) is 0 Å². The zero-order valence-electron chi connectivity index (χ0n) is 11.3. The fourth-order valence-electron chi connectivity index (χ4n) is 2.01. The third-order valence-electron chi connectivity index (χ3n) is 3.03. The van der Waals surface area contributed by atoms with Crippen molar-refractivity contribution < 1.29 is 0 Å². The smallest absolute Gasteiger partial charge is 0.0731 e. The fourth-order valence-corrected chi connectivity index (χ4v) is 4.09. The number of benzene rings is 1. The Morgan fingerprint density at radius 1 is 1.30 bits per heavy atom. The summed E-state index contributed by atoms with van der Waals surface area (Å²) in [5.41, 5.74) is 2.27. The number of aryl methyl sites for hydroxylation is 1. The fraction of sp³-hybridized carbons (Fsp3) is 0.333. The predicted octanol–water partition coefficient (Wildman–Crippen LogP) is 6.21. The van der Waals surface area contributed by atoms with Gasteiger partial charge in [0.25, 0.3) is 0 Å².